The highest BCUT2D eigenvalue weighted by atomic mass is 16.1. The zero-order chi connectivity index (χ0) is 14.2. The van der Waals surface area contributed by atoms with E-state index in [0.29, 0.717) is 18.9 Å². The summed E-state index contributed by atoms with van der Waals surface area (Å²) in [7, 11) is 0. The maximum absolute atomic E-state index is 12.2. The predicted molar refractivity (Wildman–Crippen MR) is 82.2 cm³/mol. The van der Waals surface area contributed by atoms with Gasteiger partial charge in [0.2, 0.25) is 5.91 Å². The lowest BCUT2D eigenvalue weighted by Gasteiger charge is -2.19. The van der Waals surface area contributed by atoms with Crippen LogP contribution in [0.25, 0.3) is 0 Å². The van der Waals surface area contributed by atoms with Crippen LogP contribution in [-0.4, -0.2) is 12.5 Å². The Morgan fingerprint density at radius 2 is 1.80 bits per heavy atom. The van der Waals surface area contributed by atoms with E-state index in [0.717, 1.165) is 5.56 Å². The molecule has 0 aromatic heterocycles. The van der Waals surface area contributed by atoms with E-state index in [1.807, 2.05) is 30.3 Å². The maximum atomic E-state index is 12.2. The molecular formula is C17H26N2O. The van der Waals surface area contributed by atoms with E-state index < -0.39 is 0 Å². The third-order valence-electron chi connectivity index (χ3n) is 4.22. The lowest BCUT2D eigenvalue weighted by Crippen LogP contribution is -2.34. The van der Waals surface area contributed by atoms with Crippen molar-refractivity contribution >= 4 is 5.91 Å². The van der Waals surface area contributed by atoms with Crippen LogP contribution in [0.15, 0.2) is 30.3 Å². The van der Waals surface area contributed by atoms with Crippen LogP contribution in [0, 0.1) is 5.92 Å². The Labute approximate surface area is 121 Å². The van der Waals surface area contributed by atoms with Gasteiger partial charge in [-0.3, -0.25) is 4.79 Å². The van der Waals surface area contributed by atoms with Crippen LogP contribution in [0.3, 0.4) is 0 Å². The first-order valence-electron chi connectivity index (χ1n) is 7.84. The molecule has 1 unspecified atom stereocenters. The normalized spacial score (nSPS) is 18.2. The number of nitrogens with two attached hydrogens (primary N) is 1. The molecule has 1 amide bonds. The molecule has 0 radical (unpaired) electrons. The number of rotatable bonds is 5. The van der Waals surface area contributed by atoms with Crippen LogP contribution < -0.4 is 11.1 Å². The Bertz CT molecular complexity index is 397. The molecule has 3 N–H and O–H groups in total. The summed E-state index contributed by atoms with van der Waals surface area (Å²) in [6.07, 6.45) is 8.26. The van der Waals surface area contributed by atoms with Crippen molar-refractivity contribution in [1.82, 2.24) is 5.32 Å². The number of hydrogen-bond acceptors (Lipinski definition) is 2. The third kappa shape index (κ3) is 4.64. The number of nitrogens with one attached hydrogen (secondary N) is 1. The molecule has 2 rings (SSSR count). The van der Waals surface area contributed by atoms with E-state index in [9.17, 15) is 4.79 Å². The molecule has 1 aliphatic rings. The summed E-state index contributed by atoms with van der Waals surface area (Å²) in [6, 6.07) is 9.91. The highest BCUT2D eigenvalue weighted by molar-refractivity contribution is 5.76. The molecule has 1 fully saturated rings. The minimum Gasteiger partial charge on any atom is -0.348 e. The van der Waals surface area contributed by atoms with Gasteiger partial charge in [-0.2, -0.15) is 0 Å². The summed E-state index contributed by atoms with van der Waals surface area (Å²) in [5.41, 5.74) is 6.88. The van der Waals surface area contributed by atoms with Crippen LogP contribution in [-0.2, 0) is 4.79 Å². The summed E-state index contributed by atoms with van der Waals surface area (Å²) >= 11 is 0. The van der Waals surface area contributed by atoms with E-state index in [1.54, 1.807) is 0 Å². The number of amides is 1. The van der Waals surface area contributed by atoms with Gasteiger partial charge in [0.05, 0.1) is 6.04 Å². The fourth-order valence-corrected chi connectivity index (χ4v) is 3.05. The van der Waals surface area contributed by atoms with E-state index in [1.165, 1.54) is 38.5 Å². The zero-order valence-electron chi connectivity index (χ0n) is 12.2. The number of carbonyl (C=O) groups excluding carboxylic acids is 1. The summed E-state index contributed by atoms with van der Waals surface area (Å²) in [6.45, 7) is 0.445. The van der Waals surface area contributed by atoms with Crippen molar-refractivity contribution in [1.29, 1.82) is 0 Å². The largest absolute Gasteiger partial charge is 0.348 e. The molecule has 0 saturated heterocycles. The molecule has 20 heavy (non-hydrogen) atoms. The van der Waals surface area contributed by atoms with Crippen molar-refractivity contribution in [2.24, 2.45) is 11.7 Å². The van der Waals surface area contributed by atoms with E-state index in [-0.39, 0.29) is 11.9 Å². The second-order valence-electron chi connectivity index (χ2n) is 5.83. The molecule has 0 heterocycles. The fourth-order valence-electron chi connectivity index (χ4n) is 3.05. The van der Waals surface area contributed by atoms with E-state index >= 15 is 0 Å². The fraction of sp³-hybridized carbons (Fsp3) is 0.588. The summed E-state index contributed by atoms with van der Waals surface area (Å²) in [4.78, 5) is 12.2. The van der Waals surface area contributed by atoms with Crippen LogP contribution in [0.1, 0.15) is 56.6 Å². The lowest BCUT2D eigenvalue weighted by atomic mass is 9.96. The van der Waals surface area contributed by atoms with Gasteiger partial charge < -0.3 is 11.1 Å². The van der Waals surface area contributed by atoms with Crippen LogP contribution >= 0.6 is 0 Å². The van der Waals surface area contributed by atoms with Gasteiger partial charge in [-0.25, -0.2) is 0 Å². The van der Waals surface area contributed by atoms with Gasteiger partial charge in [0.15, 0.2) is 0 Å². The summed E-state index contributed by atoms with van der Waals surface area (Å²) in [5.74, 6) is 0.711. The first-order valence-corrected chi connectivity index (χ1v) is 7.84. The molecule has 0 aliphatic heterocycles. The van der Waals surface area contributed by atoms with Gasteiger partial charge in [0, 0.05) is 13.0 Å². The molecular weight excluding hydrogens is 248 g/mol. The zero-order valence-corrected chi connectivity index (χ0v) is 12.2. The number of benzene rings is 1. The SMILES string of the molecule is NCC(NC(=O)CC1CCCCCC1)c1ccccc1. The van der Waals surface area contributed by atoms with Crippen molar-refractivity contribution in [2.75, 3.05) is 6.54 Å². The highest BCUT2D eigenvalue weighted by Gasteiger charge is 2.18. The molecule has 3 nitrogen and oxygen atoms in total. The first-order chi connectivity index (χ1) is 9.79. The second kappa shape index (κ2) is 8.05. The maximum Gasteiger partial charge on any atom is 0.220 e. The second-order valence-corrected chi connectivity index (χ2v) is 5.83. The number of hydrogen-bond donors (Lipinski definition) is 2. The molecule has 0 spiro atoms. The highest BCUT2D eigenvalue weighted by Crippen LogP contribution is 2.25. The molecule has 1 aromatic rings. The first kappa shape index (κ1) is 15.0. The van der Waals surface area contributed by atoms with Crippen LogP contribution in [0.5, 0.6) is 0 Å². The minimum absolute atomic E-state index is 0.0607. The average molecular weight is 274 g/mol. The molecule has 1 aliphatic carbocycles. The van der Waals surface area contributed by atoms with Gasteiger partial charge in [-0.05, 0) is 24.3 Å². The average Bonchev–Trinajstić information content (AvgIpc) is 2.74. The van der Waals surface area contributed by atoms with Crippen molar-refractivity contribution in [3.63, 3.8) is 0 Å². The smallest absolute Gasteiger partial charge is 0.220 e. The monoisotopic (exact) mass is 274 g/mol. The Hall–Kier alpha value is -1.35. The van der Waals surface area contributed by atoms with Gasteiger partial charge in [-0.15, -0.1) is 0 Å². The Kier molecular flexibility index (Phi) is 6.06. The van der Waals surface area contributed by atoms with Gasteiger partial charge in [0.1, 0.15) is 0 Å². The topological polar surface area (TPSA) is 55.1 Å². The van der Waals surface area contributed by atoms with Gasteiger partial charge in [0.25, 0.3) is 0 Å². The molecule has 110 valence electrons. The summed E-state index contributed by atoms with van der Waals surface area (Å²) < 4.78 is 0. The summed E-state index contributed by atoms with van der Waals surface area (Å²) in [5, 5.41) is 3.09. The van der Waals surface area contributed by atoms with Gasteiger partial charge in [-0.1, -0.05) is 56.0 Å². The van der Waals surface area contributed by atoms with Crippen molar-refractivity contribution < 1.29 is 4.79 Å². The molecule has 0 bridgehead atoms. The Morgan fingerprint density at radius 3 is 2.40 bits per heavy atom. The van der Waals surface area contributed by atoms with Crippen LogP contribution in [0.4, 0.5) is 0 Å². The lowest BCUT2D eigenvalue weighted by molar-refractivity contribution is -0.122. The third-order valence-corrected chi connectivity index (χ3v) is 4.22. The standard InChI is InChI=1S/C17H26N2O/c18-13-16(15-10-6-3-7-11-15)19-17(20)12-14-8-4-1-2-5-9-14/h3,6-7,10-11,14,16H,1-2,4-5,8-9,12-13,18H2,(H,19,20). The molecule has 1 saturated carbocycles. The Morgan fingerprint density at radius 1 is 1.15 bits per heavy atom. The minimum atomic E-state index is -0.0607. The van der Waals surface area contributed by atoms with E-state index in [2.05, 4.69) is 5.32 Å². The number of carbonyl (C=O) groups is 1. The van der Waals surface area contributed by atoms with Crippen molar-refractivity contribution in [3.05, 3.63) is 35.9 Å². The molecule has 3 heteroatoms. The quantitative estimate of drug-likeness (QED) is 0.810. The molecule has 1 atom stereocenters. The van der Waals surface area contributed by atoms with Crippen molar-refractivity contribution in [3.8, 4) is 0 Å². The Balaban J connectivity index is 1.86. The van der Waals surface area contributed by atoms with Crippen LogP contribution in [0.2, 0.25) is 0 Å². The van der Waals surface area contributed by atoms with Crippen molar-refractivity contribution in [2.45, 2.75) is 51.0 Å². The van der Waals surface area contributed by atoms with Gasteiger partial charge >= 0.3 is 0 Å². The van der Waals surface area contributed by atoms with E-state index in [4.69, 9.17) is 5.73 Å². The molecule has 1 aromatic carbocycles. The predicted octanol–water partition coefficient (Wildman–Crippen LogP) is 3.16.